The van der Waals surface area contributed by atoms with Crippen LogP contribution in [0.4, 0.5) is 5.69 Å². The molecule has 3 aromatic rings. The Labute approximate surface area is 156 Å². The van der Waals surface area contributed by atoms with E-state index in [1.807, 2.05) is 6.92 Å². The highest BCUT2D eigenvalue weighted by Gasteiger charge is 2.17. The first-order chi connectivity index (χ1) is 12.9. The number of nitrogens with one attached hydrogen (secondary N) is 3. The Morgan fingerprint density at radius 1 is 1.19 bits per heavy atom. The van der Waals surface area contributed by atoms with E-state index in [-0.39, 0.29) is 22.5 Å². The van der Waals surface area contributed by atoms with E-state index in [9.17, 15) is 13.2 Å². The zero-order valence-corrected chi connectivity index (χ0v) is 15.6. The predicted molar refractivity (Wildman–Crippen MR) is 99.9 cm³/mol. The maximum atomic E-state index is 12.6. The van der Waals surface area contributed by atoms with Gasteiger partial charge in [0, 0.05) is 24.4 Å². The summed E-state index contributed by atoms with van der Waals surface area (Å²) in [4.78, 5) is 12.3. The number of benzene rings is 2. The molecule has 3 N–H and O–H groups in total. The van der Waals surface area contributed by atoms with Crippen molar-refractivity contribution in [3.05, 3.63) is 48.0 Å². The van der Waals surface area contributed by atoms with Crippen molar-refractivity contribution in [2.24, 2.45) is 0 Å². The van der Waals surface area contributed by atoms with E-state index in [2.05, 4.69) is 25.4 Å². The molecule has 0 fully saturated rings. The lowest BCUT2D eigenvalue weighted by Gasteiger charge is -2.13. The molecule has 0 aliphatic carbocycles. The number of aromatic nitrogens is 3. The number of ether oxygens (including phenoxy) is 1. The van der Waals surface area contributed by atoms with E-state index in [0.29, 0.717) is 23.2 Å². The normalized spacial score (nSPS) is 12.7. The Balaban J connectivity index is 1.79. The van der Waals surface area contributed by atoms with Gasteiger partial charge in [-0.05, 0) is 43.3 Å². The number of carbonyl (C=O) groups excluding carboxylic acids is 1. The quantitative estimate of drug-likeness (QED) is 0.562. The Hall–Kier alpha value is -2.98. The third-order valence-electron chi connectivity index (χ3n) is 3.77. The molecule has 1 heterocycles. The molecule has 9 nitrogen and oxygen atoms in total. The monoisotopic (exact) mass is 389 g/mol. The van der Waals surface area contributed by atoms with Crippen molar-refractivity contribution in [3.8, 4) is 0 Å². The lowest BCUT2D eigenvalue weighted by Crippen LogP contribution is -2.35. The summed E-state index contributed by atoms with van der Waals surface area (Å²) in [5, 5.41) is 13.0. The number of carbonyl (C=O) groups is 1. The van der Waals surface area contributed by atoms with Crippen molar-refractivity contribution in [3.63, 3.8) is 0 Å². The molecule has 0 bridgehead atoms. The minimum Gasteiger partial charge on any atom is -0.383 e. The second-order valence-electron chi connectivity index (χ2n) is 5.99. The Morgan fingerprint density at radius 3 is 2.74 bits per heavy atom. The maximum absolute atomic E-state index is 12.6. The summed E-state index contributed by atoms with van der Waals surface area (Å²) in [6.07, 6.45) is 0. The van der Waals surface area contributed by atoms with Crippen molar-refractivity contribution in [1.29, 1.82) is 0 Å². The van der Waals surface area contributed by atoms with Crippen molar-refractivity contribution in [2.75, 3.05) is 18.4 Å². The van der Waals surface area contributed by atoms with Crippen LogP contribution in [0.15, 0.2) is 47.4 Å². The molecule has 1 aromatic heterocycles. The molecule has 10 heteroatoms. The molecule has 27 heavy (non-hydrogen) atoms. The fourth-order valence-corrected chi connectivity index (χ4v) is 3.59. The zero-order valence-electron chi connectivity index (χ0n) is 14.8. The van der Waals surface area contributed by atoms with Crippen molar-refractivity contribution in [2.45, 2.75) is 17.9 Å². The fourth-order valence-electron chi connectivity index (χ4n) is 2.52. The molecular formula is C17H19N5O4S. The first-order valence-corrected chi connectivity index (χ1v) is 9.60. The molecule has 0 aliphatic heterocycles. The maximum Gasteiger partial charge on any atom is 0.261 e. The van der Waals surface area contributed by atoms with Gasteiger partial charge in [0.1, 0.15) is 11.0 Å². The number of hydrogen-bond acceptors (Lipinski definition) is 6. The van der Waals surface area contributed by atoms with Crippen LogP contribution in [0.5, 0.6) is 0 Å². The van der Waals surface area contributed by atoms with Crippen LogP contribution in [0.1, 0.15) is 17.3 Å². The summed E-state index contributed by atoms with van der Waals surface area (Å²) in [6, 6.07) is 10.5. The molecule has 0 radical (unpaired) electrons. The number of H-pyrrole nitrogens is 1. The topological polar surface area (TPSA) is 126 Å². The van der Waals surface area contributed by atoms with Crippen molar-refractivity contribution in [1.82, 2.24) is 20.7 Å². The van der Waals surface area contributed by atoms with Crippen LogP contribution >= 0.6 is 0 Å². The molecular weight excluding hydrogens is 370 g/mol. The smallest absolute Gasteiger partial charge is 0.261 e. The third kappa shape index (κ3) is 4.41. The summed E-state index contributed by atoms with van der Waals surface area (Å²) in [6.45, 7) is 2.19. The average molecular weight is 389 g/mol. The molecule has 3 rings (SSSR count). The minimum atomic E-state index is -3.84. The highest BCUT2D eigenvalue weighted by Crippen LogP contribution is 2.20. The summed E-state index contributed by atoms with van der Waals surface area (Å²) < 4.78 is 32.7. The number of methoxy groups -OCH3 is 1. The van der Waals surface area contributed by atoms with Gasteiger partial charge < -0.3 is 10.1 Å². The van der Waals surface area contributed by atoms with Gasteiger partial charge in [0.05, 0.1) is 11.5 Å². The highest BCUT2D eigenvalue weighted by molar-refractivity contribution is 7.92. The van der Waals surface area contributed by atoms with Crippen LogP contribution in [0.3, 0.4) is 0 Å². The first kappa shape index (κ1) is 18.8. The summed E-state index contributed by atoms with van der Waals surface area (Å²) in [5.41, 5.74) is 1.63. The lowest BCUT2D eigenvalue weighted by molar-refractivity contribution is 0.0905. The standard InChI is InChI=1S/C17H19N5O4S/c1-11(10-26-2)18-17(23)12-4-3-5-13(8-12)21-27(24,25)14-6-7-15-16(9-14)20-22-19-15/h3-9,11,21H,10H2,1-2H3,(H,18,23)(H,19,20,22). The molecule has 1 unspecified atom stereocenters. The lowest BCUT2D eigenvalue weighted by atomic mass is 10.2. The number of rotatable bonds is 7. The van der Waals surface area contributed by atoms with Crippen molar-refractivity contribution >= 4 is 32.7 Å². The van der Waals surface area contributed by atoms with Crippen LogP contribution in [0, 0.1) is 0 Å². The molecule has 142 valence electrons. The molecule has 0 saturated heterocycles. The van der Waals surface area contributed by atoms with Gasteiger partial charge in [0.25, 0.3) is 15.9 Å². The molecule has 0 aliphatic rings. The number of anilines is 1. The highest BCUT2D eigenvalue weighted by atomic mass is 32.2. The van der Waals surface area contributed by atoms with Gasteiger partial charge in [-0.2, -0.15) is 15.4 Å². The Bertz CT molecular complexity index is 1060. The second kappa shape index (κ2) is 7.72. The Morgan fingerprint density at radius 2 is 1.96 bits per heavy atom. The van der Waals surface area contributed by atoms with Crippen LogP contribution in [-0.4, -0.2) is 49.5 Å². The SMILES string of the molecule is COCC(C)NC(=O)c1cccc(NS(=O)(=O)c2ccc3n[nH]nc3c2)c1. The van der Waals surface area contributed by atoms with Gasteiger partial charge in [0.2, 0.25) is 0 Å². The Kier molecular flexibility index (Phi) is 5.38. The van der Waals surface area contributed by atoms with E-state index < -0.39 is 10.0 Å². The van der Waals surface area contributed by atoms with Gasteiger partial charge in [-0.25, -0.2) is 8.42 Å². The van der Waals surface area contributed by atoms with Crippen LogP contribution in [0.25, 0.3) is 11.0 Å². The molecule has 1 amide bonds. The van der Waals surface area contributed by atoms with E-state index in [4.69, 9.17) is 4.74 Å². The van der Waals surface area contributed by atoms with Gasteiger partial charge in [-0.15, -0.1) is 0 Å². The van der Waals surface area contributed by atoms with Gasteiger partial charge in [-0.1, -0.05) is 6.07 Å². The number of aromatic amines is 1. The number of nitrogens with zero attached hydrogens (tertiary/aromatic N) is 2. The summed E-state index contributed by atoms with van der Waals surface area (Å²) >= 11 is 0. The van der Waals surface area contributed by atoms with Gasteiger partial charge in [-0.3, -0.25) is 9.52 Å². The number of sulfonamides is 1. The number of amides is 1. The molecule has 0 saturated carbocycles. The number of fused-ring (bicyclic) bond motifs is 1. The van der Waals surface area contributed by atoms with E-state index >= 15 is 0 Å². The van der Waals surface area contributed by atoms with Crippen molar-refractivity contribution < 1.29 is 17.9 Å². The minimum absolute atomic E-state index is 0.0486. The number of hydrogen-bond donors (Lipinski definition) is 3. The zero-order chi connectivity index (χ0) is 19.4. The van der Waals surface area contributed by atoms with Crippen LogP contribution < -0.4 is 10.0 Å². The summed E-state index contributed by atoms with van der Waals surface area (Å²) in [5.74, 6) is -0.315. The predicted octanol–water partition coefficient (Wildman–Crippen LogP) is 1.52. The molecule has 1 atom stereocenters. The van der Waals surface area contributed by atoms with Gasteiger partial charge in [0.15, 0.2) is 0 Å². The summed E-state index contributed by atoms with van der Waals surface area (Å²) in [7, 11) is -2.29. The van der Waals surface area contributed by atoms with Gasteiger partial charge >= 0.3 is 0 Å². The van der Waals surface area contributed by atoms with Crippen LogP contribution in [0.2, 0.25) is 0 Å². The average Bonchev–Trinajstić information content (AvgIpc) is 3.09. The molecule has 2 aromatic carbocycles. The van der Waals surface area contributed by atoms with E-state index in [1.165, 1.54) is 18.2 Å². The first-order valence-electron chi connectivity index (χ1n) is 8.12. The second-order valence-corrected chi connectivity index (χ2v) is 7.67. The van der Waals surface area contributed by atoms with Crippen LogP contribution in [-0.2, 0) is 14.8 Å². The fraction of sp³-hybridized carbons (Fsp3) is 0.235. The van der Waals surface area contributed by atoms with E-state index in [0.717, 1.165) is 0 Å². The molecule has 0 spiro atoms. The van der Waals surface area contributed by atoms with E-state index in [1.54, 1.807) is 31.4 Å². The third-order valence-corrected chi connectivity index (χ3v) is 5.15. The largest absolute Gasteiger partial charge is 0.383 e.